The van der Waals surface area contributed by atoms with Crippen LogP contribution in [-0.4, -0.2) is 16.6 Å². The molecule has 0 spiro atoms. The molecule has 4 nitrogen and oxygen atoms in total. The first kappa shape index (κ1) is 9.15. The summed E-state index contributed by atoms with van der Waals surface area (Å²) < 4.78 is 5.45. The van der Waals surface area contributed by atoms with Crippen LogP contribution in [0.15, 0.2) is 30.6 Å². The Morgan fingerprint density at radius 1 is 1.19 bits per heavy atom. The van der Waals surface area contributed by atoms with Gasteiger partial charge in [-0.25, -0.2) is 4.98 Å². The number of hydrogen-bond donors (Lipinski definition) is 1. The summed E-state index contributed by atoms with van der Waals surface area (Å²) in [6, 6.07) is 6.07. The van der Waals surface area contributed by atoms with E-state index in [0.29, 0.717) is 5.82 Å². The fraction of sp³-hybridized carbons (Fsp3) is 0.167. The van der Waals surface area contributed by atoms with E-state index in [1.165, 1.54) is 5.56 Å². The van der Waals surface area contributed by atoms with Crippen molar-refractivity contribution in [2.24, 2.45) is 0 Å². The number of benzene rings is 1. The number of rotatable bonds is 1. The van der Waals surface area contributed by atoms with Gasteiger partial charge in [-0.05, 0) is 23.8 Å². The van der Waals surface area contributed by atoms with Crippen LogP contribution in [-0.2, 0) is 6.42 Å². The van der Waals surface area contributed by atoms with Crippen molar-refractivity contribution >= 4 is 5.82 Å². The highest BCUT2D eigenvalue weighted by Crippen LogP contribution is 2.29. The van der Waals surface area contributed by atoms with Crippen LogP contribution in [0.25, 0.3) is 11.3 Å². The van der Waals surface area contributed by atoms with E-state index in [4.69, 9.17) is 10.5 Å². The van der Waals surface area contributed by atoms with Crippen LogP contribution >= 0.6 is 0 Å². The molecule has 0 saturated carbocycles. The van der Waals surface area contributed by atoms with Gasteiger partial charge in [0.05, 0.1) is 24.7 Å². The van der Waals surface area contributed by atoms with Crippen molar-refractivity contribution in [2.75, 3.05) is 12.3 Å². The van der Waals surface area contributed by atoms with Crippen LogP contribution in [0.3, 0.4) is 0 Å². The van der Waals surface area contributed by atoms with Gasteiger partial charge in [0.2, 0.25) is 0 Å². The van der Waals surface area contributed by atoms with E-state index < -0.39 is 0 Å². The summed E-state index contributed by atoms with van der Waals surface area (Å²) in [5.41, 5.74) is 8.62. The van der Waals surface area contributed by atoms with Gasteiger partial charge in [-0.1, -0.05) is 0 Å². The predicted molar refractivity (Wildman–Crippen MR) is 61.1 cm³/mol. The molecule has 2 N–H and O–H groups in total. The van der Waals surface area contributed by atoms with Crippen LogP contribution in [0.5, 0.6) is 5.75 Å². The molecule has 0 radical (unpaired) electrons. The number of hydrogen-bond acceptors (Lipinski definition) is 4. The number of ether oxygens (including phenoxy) is 1. The first-order valence-electron chi connectivity index (χ1n) is 5.16. The van der Waals surface area contributed by atoms with E-state index in [0.717, 1.165) is 30.0 Å². The second kappa shape index (κ2) is 3.48. The lowest BCUT2D eigenvalue weighted by atomic mass is 10.1. The lowest BCUT2D eigenvalue weighted by molar-refractivity contribution is 0.357. The largest absolute Gasteiger partial charge is 0.493 e. The SMILES string of the molecule is Nc1cnc(-c2ccc3c(c2)CCO3)cn1. The molecule has 0 unspecified atom stereocenters. The minimum absolute atomic E-state index is 0.438. The molecule has 4 heteroatoms. The van der Waals surface area contributed by atoms with Gasteiger partial charge in [0.1, 0.15) is 11.6 Å². The second-order valence-electron chi connectivity index (χ2n) is 3.75. The molecule has 1 aliphatic heterocycles. The van der Waals surface area contributed by atoms with Gasteiger partial charge in [-0.3, -0.25) is 4.98 Å². The molecule has 16 heavy (non-hydrogen) atoms. The molecule has 80 valence electrons. The number of anilines is 1. The van der Waals surface area contributed by atoms with Crippen molar-refractivity contribution in [3.63, 3.8) is 0 Å². The Labute approximate surface area is 93.1 Å². The van der Waals surface area contributed by atoms with Gasteiger partial charge in [0.25, 0.3) is 0 Å². The molecule has 1 aromatic carbocycles. The minimum Gasteiger partial charge on any atom is -0.493 e. The molecular formula is C12H11N3O. The summed E-state index contributed by atoms with van der Waals surface area (Å²) in [7, 11) is 0. The zero-order valence-corrected chi connectivity index (χ0v) is 8.68. The Hall–Kier alpha value is -2.10. The van der Waals surface area contributed by atoms with E-state index in [1.807, 2.05) is 12.1 Å². The average molecular weight is 213 g/mol. The lowest BCUT2D eigenvalue weighted by Gasteiger charge is -2.03. The van der Waals surface area contributed by atoms with Gasteiger partial charge < -0.3 is 10.5 Å². The molecule has 3 rings (SSSR count). The third kappa shape index (κ3) is 1.48. The molecule has 0 aliphatic carbocycles. The summed E-state index contributed by atoms with van der Waals surface area (Å²) in [6.07, 6.45) is 4.22. The Bertz CT molecular complexity index is 522. The van der Waals surface area contributed by atoms with Crippen LogP contribution < -0.4 is 10.5 Å². The zero-order chi connectivity index (χ0) is 11.0. The molecule has 0 fully saturated rings. The van der Waals surface area contributed by atoms with E-state index in [-0.39, 0.29) is 0 Å². The van der Waals surface area contributed by atoms with Crippen molar-refractivity contribution in [3.05, 3.63) is 36.2 Å². The highest BCUT2D eigenvalue weighted by atomic mass is 16.5. The van der Waals surface area contributed by atoms with Crippen molar-refractivity contribution in [2.45, 2.75) is 6.42 Å². The van der Waals surface area contributed by atoms with E-state index in [1.54, 1.807) is 12.4 Å². The maximum atomic E-state index is 5.50. The number of aromatic nitrogens is 2. The third-order valence-electron chi connectivity index (χ3n) is 2.66. The maximum absolute atomic E-state index is 5.50. The first-order chi connectivity index (χ1) is 7.83. The molecular weight excluding hydrogens is 202 g/mol. The van der Waals surface area contributed by atoms with Crippen LogP contribution in [0.2, 0.25) is 0 Å². The lowest BCUT2D eigenvalue weighted by Crippen LogP contribution is -1.92. The normalized spacial score (nSPS) is 13.2. The average Bonchev–Trinajstić information content (AvgIpc) is 2.77. The van der Waals surface area contributed by atoms with Gasteiger partial charge >= 0.3 is 0 Å². The fourth-order valence-corrected chi connectivity index (χ4v) is 1.83. The topological polar surface area (TPSA) is 61.0 Å². The Morgan fingerprint density at radius 2 is 2.12 bits per heavy atom. The van der Waals surface area contributed by atoms with E-state index >= 15 is 0 Å². The minimum atomic E-state index is 0.438. The first-order valence-corrected chi connectivity index (χ1v) is 5.16. The Kier molecular flexibility index (Phi) is 1.99. The summed E-state index contributed by atoms with van der Waals surface area (Å²) in [5.74, 6) is 1.42. The predicted octanol–water partition coefficient (Wildman–Crippen LogP) is 1.66. The molecule has 0 atom stereocenters. The maximum Gasteiger partial charge on any atom is 0.141 e. The smallest absolute Gasteiger partial charge is 0.141 e. The summed E-state index contributed by atoms with van der Waals surface area (Å²) in [4.78, 5) is 8.28. The molecule has 0 bridgehead atoms. The van der Waals surface area contributed by atoms with Crippen LogP contribution in [0, 0.1) is 0 Å². The van der Waals surface area contributed by atoms with Gasteiger partial charge in [0, 0.05) is 12.0 Å². The second-order valence-corrected chi connectivity index (χ2v) is 3.75. The van der Waals surface area contributed by atoms with Crippen molar-refractivity contribution < 1.29 is 4.74 Å². The van der Waals surface area contributed by atoms with Gasteiger partial charge in [-0.2, -0.15) is 0 Å². The molecule has 1 aromatic heterocycles. The molecule has 2 heterocycles. The van der Waals surface area contributed by atoms with Crippen LogP contribution in [0.1, 0.15) is 5.56 Å². The molecule has 2 aromatic rings. The quantitative estimate of drug-likeness (QED) is 0.782. The highest BCUT2D eigenvalue weighted by Gasteiger charge is 2.12. The summed E-state index contributed by atoms with van der Waals surface area (Å²) in [5, 5.41) is 0. The third-order valence-corrected chi connectivity index (χ3v) is 2.66. The van der Waals surface area contributed by atoms with E-state index in [2.05, 4.69) is 16.0 Å². The highest BCUT2D eigenvalue weighted by molar-refractivity contribution is 5.62. The van der Waals surface area contributed by atoms with Gasteiger partial charge in [-0.15, -0.1) is 0 Å². The molecule has 0 amide bonds. The van der Waals surface area contributed by atoms with Crippen LogP contribution in [0.4, 0.5) is 5.82 Å². The van der Waals surface area contributed by atoms with Gasteiger partial charge in [0.15, 0.2) is 0 Å². The molecule has 1 aliphatic rings. The summed E-state index contributed by atoms with van der Waals surface area (Å²) in [6.45, 7) is 0.770. The Morgan fingerprint density at radius 3 is 2.94 bits per heavy atom. The standard InChI is InChI=1S/C12H11N3O/c13-12-7-14-10(6-15-12)8-1-2-11-9(5-8)3-4-16-11/h1-2,5-7H,3-4H2,(H2,13,15). The summed E-state index contributed by atoms with van der Waals surface area (Å²) >= 11 is 0. The number of fused-ring (bicyclic) bond motifs is 1. The fourth-order valence-electron chi connectivity index (χ4n) is 1.83. The number of nitrogen functional groups attached to an aromatic ring is 1. The van der Waals surface area contributed by atoms with E-state index in [9.17, 15) is 0 Å². The molecule has 0 saturated heterocycles. The monoisotopic (exact) mass is 213 g/mol. The number of nitrogens with two attached hydrogens (primary N) is 1. The van der Waals surface area contributed by atoms with Crippen molar-refractivity contribution in [3.8, 4) is 17.0 Å². The zero-order valence-electron chi connectivity index (χ0n) is 8.68. The number of nitrogens with zero attached hydrogens (tertiary/aromatic N) is 2. The van der Waals surface area contributed by atoms with Crippen molar-refractivity contribution in [1.82, 2.24) is 9.97 Å². The van der Waals surface area contributed by atoms with Crippen molar-refractivity contribution in [1.29, 1.82) is 0 Å². The Balaban J connectivity index is 2.03.